The molecule has 0 fully saturated rings. The van der Waals surface area contributed by atoms with Gasteiger partial charge in [0, 0.05) is 56.2 Å². The second kappa shape index (κ2) is 20.8. The number of amides is 5. The lowest BCUT2D eigenvalue weighted by molar-refractivity contribution is -0.135. The largest absolute Gasteiger partial charge is 0.508 e. The molecule has 0 radical (unpaired) electrons. The van der Waals surface area contributed by atoms with E-state index in [-0.39, 0.29) is 63.8 Å². The zero-order valence-corrected chi connectivity index (χ0v) is 26.8. The van der Waals surface area contributed by atoms with E-state index in [1.807, 2.05) is 13.8 Å². The number of hydrogen-bond acceptors (Lipinski definition) is 9. The van der Waals surface area contributed by atoms with Crippen LogP contribution in [0.4, 0.5) is 0 Å². The first kappa shape index (κ1) is 38.0. The summed E-state index contributed by atoms with van der Waals surface area (Å²) in [7, 11) is 0. The molecule has 0 spiro atoms. The predicted molar refractivity (Wildman–Crippen MR) is 170 cm³/mol. The standard InChI is InChI=1S/C30H44N10O7/c1-19(2)14-24(38-30(46)25(37-20(3)41)15-21-4-6-23(42)7-5-21)29(45)39-26(28(44)34-10-12-47-13-11-36-40-31)16-27(43)33-9-8-22-17-32-18-35-22/h4-7,17-19,24-26,42H,8-16H2,1-3H3,(H,32,35)(H,33,43)(H,34,44)(H,37,41)(H,38,46)(H,39,45)/t24-,25+,26+/m1/s1. The second-order valence-electron chi connectivity index (χ2n) is 11.1. The molecule has 17 nitrogen and oxygen atoms in total. The molecule has 0 aliphatic rings. The molecule has 17 heteroatoms. The Morgan fingerprint density at radius 2 is 1.66 bits per heavy atom. The number of nitrogens with zero attached hydrogens (tertiary/aromatic N) is 4. The molecule has 7 N–H and O–H groups in total. The molecule has 0 saturated heterocycles. The Kier molecular flexibility index (Phi) is 16.8. The number of imidazole rings is 1. The van der Waals surface area contributed by atoms with Gasteiger partial charge in [-0.2, -0.15) is 0 Å². The zero-order chi connectivity index (χ0) is 34.6. The number of benzene rings is 1. The summed E-state index contributed by atoms with van der Waals surface area (Å²) in [5.74, 6) is -2.89. The van der Waals surface area contributed by atoms with Crippen LogP contribution in [0.1, 0.15) is 44.9 Å². The van der Waals surface area contributed by atoms with Crippen LogP contribution in [0.15, 0.2) is 41.9 Å². The van der Waals surface area contributed by atoms with Crippen molar-refractivity contribution in [2.75, 3.05) is 32.8 Å². The Morgan fingerprint density at radius 3 is 2.30 bits per heavy atom. The van der Waals surface area contributed by atoms with Gasteiger partial charge in [-0.25, -0.2) is 4.98 Å². The van der Waals surface area contributed by atoms with Gasteiger partial charge in [0.05, 0.1) is 26.0 Å². The first-order chi connectivity index (χ1) is 22.5. The highest BCUT2D eigenvalue weighted by Gasteiger charge is 2.31. The van der Waals surface area contributed by atoms with Gasteiger partial charge in [-0.15, -0.1) is 0 Å². The van der Waals surface area contributed by atoms with Crippen molar-refractivity contribution >= 4 is 29.5 Å². The monoisotopic (exact) mass is 656 g/mol. The van der Waals surface area contributed by atoms with Gasteiger partial charge >= 0.3 is 0 Å². The summed E-state index contributed by atoms with van der Waals surface area (Å²) in [4.78, 5) is 74.3. The maximum Gasteiger partial charge on any atom is 0.243 e. The van der Waals surface area contributed by atoms with Gasteiger partial charge in [0.1, 0.15) is 23.9 Å². The highest BCUT2D eigenvalue weighted by molar-refractivity contribution is 5.95. The Balaban J connectivity index is 2.13. The van der Waals surface area contributed by atoms with E-state index in [9.17, 15) is 29.1 Å². The molecule has 0 saturated carbocycles. The number of aromatic amines is 1. The molecule has 1 heterocycles. The number of carbonyl (C=O) groups is 5. The quantitative estimate of drug-likeness (QED) is 0.0427. The molecule has 2 aromatic rings. The molecule has 47 heavy (non-hydrogen) atoms. The summed E-state index contributed by atoms with van der Waals surface area (Å²) < 4.78 is 5.30. The molecule has 0 aliphatic heterocycles. The second-order valence-corrected chi connectivity index (χ2v) is 11.1. The van der Waals surface area contributed by atoms with Crippen LogP contribution in [0.2, 0.25) is 0 Å². The average molecular weight is 657 g/mol. The molecular weight excluding hydrogens is 612 g/mol. The molecular formula is C30H44N10O7. The van der Waals surface area contributed by atoms with Crippen molar-refractivity contribution in [3.63, 3.8) is 0 Å². The molecule has 5 amide bonds. The number of nitrogens with one attached hydrogen (secondary N) is 6. The lowest BCUT2D eigenvalue weighted by atomic mass is 10.0. The Labute approximate surface area is 272 Å². The van der Waals surface area contributed by atoms with E-state index in [0.717, 1.165) is 5.69 Å². The van der Waals surface area contributed by atoms with E-state index < -0.39 is 47.7 Å². The van der Waals surface area contributed by atoms with Crippen molar-refractivity contribution in [3.05, 3.63) is 58.5 Å². The normalized spacial score (nSPS) is 12.6. The topological polar surface area (TPSA) is 252 Å². The van der Waals surface area contributed by atoms with Crippen LogP contribution in [0, 0.1) is 5.92 Å². The molecule has 0 aliphatic carbocycles. The number of aromatic hydroxyl groups is 1. The number of rotatable bonds is 21. The molecule has 0 unspecified atom stereocenters. The first-order valence-corrected chi connectivity index (χ1v) is 15.2. The number of aromatic nitrogens is 2. The van der Waals surface area contributed by atoms with Gasteiger partial charge < -0.3 is 41.4 Å². The summed E-state index contributed by atoms with van der Waals surface area (Å²) in [6.45, 7) is 5.68. The predicted octanol–water partition coefficient (Wildman–Crippen LogP) is 0.370. The fourth-order valence-electron chi connectivity index (χ4n) is 4.42. The van der Waals surface area contributed by atoms with Crippen molar-refractivity contribution in [2.24, 2.45) is 11.0 Å². The summed E-state index contributed by atoms with van der Waals surface area (Å²) in [5, 5.41) is 26.2. The van der Waals surface area contributed by atoms with Gasteiger partial charge in [-0.05, 0) is 35.6 Å². The number of phenols is 1. The fourth-order valence-corrected chi connectivity index (χ4v) is 4.42. The van der Waals surface area contributed by atoms with Crippen molar-refractivity contribution < 1.29 is 33.8 Å². The number of hydrogen-bond donors (Lipinski definition) is 7. The SMILES string of the molecule is CC(=O)N[C@@H](Cc1ccc(O)cc1)C(=O)N[C@H](CC(C)C)C(=O)N[C@@H](CC(=O)NCCc1cnc[nH]1)C(=O)NCCOCCN=[N+]=[N-]. The van der Waals surface area contributed by atoms with Crippen LogP contribution in [-0.4, -0.2) is 95.6 Å². The lowest BCUT2D eigenvalue weighted by Gasteiger charge is -2.26. The zero-order valence-electron chi connectivity index (χ0n) is 26.8. The number of carbonyl (C=O) groups excluding carboxylic acids is 5. The van der Waals surface area contributed by atoms with Crippen LogP contribution >= 0.6 is 0 Å². The van der Waals surface area contributed by atoms with Gasteiger partial charge in [-0.1, -0.05) is 31.1 Å². The molecule has 0 bridgehead atoms. The van der Waals surface area contributed by atoms with Gasteiger partial charge in [-0.3, -0.25) is 24.0 Å². The van der Waals surface area contributed by atoms with E-state index in [2.05, 4.69) is 46.6 Å². The molecule has 1 aromatic heterocycles. The fraction of sp³-hybridized carbons (Fsp3) is 0.533. The number of phenolic OH excluding ortho intramolecular Hbond substituents is 1. The maximum absolute atomic E-state index is 13.6. The Morgan fingerprint density at radius 1 is 0.957 bits per heavy atom. The number of ether oxygens (including phenoxy) is 1. The summed E-state index contributed by atoms with van der Waals surface area (Å²) in [6.07, 6.45) is 3.54. The third kappa shape index (κ3) is 15.6. The average Bonchev–Trinajstić information content (AvgIpc) is 3.53. The van der Waals surface area contributed by atoms with Gasteiger partial charge in [0.15, 0.2) is 0 Å². The first-order valence-electron chi connectivity index (χ1n) is 15.2. The Bertz CT molecular complexity index is 1350. The lowest BCUT2D eigenvalue weighted by Crippen LogP contribution is -2.58. The molecule has 2 rings (SSSR count). The molecule has 3 atom stereocenters. The van der Waals surface area contributed by atoms with E-state index in [1.165, 1.54) is 25.4 Å². The summed E-state index contributed by atoms with van der Waals surface area (Å²) in [5.41, 5.74) is 9.82. The minimum Gasteiger partial charge on any atom is -0.508 e. The van der Waals surface area contributed by atoms with Crippen LogP contribution < -0.4 is 26.6 Å². The van der Waals surface area contributed by atoms with Crippen molar-refractivity contribution in [3.8, 4) is 5.75 Å². The molecule has 256 valence electrons. The van der Waals surface area contributed by atoms with E-state index in [4.69, 9.17) is 10.3 Å². The third-order valence-corrected chi connectivity index (χ3v) is 6.65. The molecule has 1 aromatic carbocycles. The van der Waals surface area contributed by atoms with Crippen LogP contribution in [0.3, 0.4) is 0 Å². The van der Waals surface area contributed by atoms with Crippen LogP contribution in [-0.2, 0) is 41.6 Å². The summed E-state index contributed by atoms with van der Waals surface area (Å²) >= 11 is 0. The third-order valence-electron chi connectivity index (χ3n) is 6.65. The van der Waals surface area contributed by atoms with Crippen LogP contribution in [0.5, 0.6) is 5.75 Å². The highest BCUT2D eigenvalue weighted by atomic mass is 16.5. The van der Waals surface area contributed by atoms with Gasteiger partial charge in [0.25, 0.3) is 0 Å². The van der Waals surface area contributed by atoms with Gasteiger partial charge in [0.2, 0.25) is 29.5 Å². The van der Waals surface area contributed by atoms with E-state index in [0.29, 0.717) is 12.0 Å². The van der Waals surface area contributed by atoms with Crippen molar-refractivity contribution in [2.45, 2.75) is 64.6 Å². The minimum atomic E-state index is -1.28. The number of azide groups is 1. The van der Waals surface area contributed by atoms with Crippen LogP contribution in [0.25, 0.3) is 10.4 Å². The van der Waals surface area contributed by atoms with Crippen molar-refractivity contribution in [1.29, 1.82) is 0 Å². The van der Waals surface area contributed by atoms with Crippen molar-refractivity contribution in [1.82, 2.24) is 36.6 Å². The number of H-pyrrole nitrogens is 1. The highest BCUT2D eigenvalue weighted by Crippen LogP contribution is 2.13. The summed E-state index contributed by atoms with van der Waals surface area (Å²) in [6, 6.07) is 2.74. The maximum atomic E-state index is 13.6. The Hall–Kier alpha value is -5.15. The minimum absolute atomic E-state index is 0.0471. The van der Waals surface area contributed by atoms with E-state index >= 15 is 0 Å². The smallest absolute Gasteiger partial charge is 0.243 e. The van der Waals surface area contributed by atoms with E-state index in [1.54, 1.807) is 18.3 Å².